The number of rotatable bonds is 1. The van der Waals surface area contributed by atoms with Crippen LogP contribution in [0.3, 0.4) is 0 Å². The Hall–Kier alpha value is -0.480. The Labute approximate surface area is 69.6 Å². The van der Waals surface area contributed by atoms with E-state index in [2.05, 4.69) is 31.0 Å². The summed E-state index contributed by atoms with van der Waals surface area (Å²) in [7, 11) is 1.99. The van der Waals surface area contributed by atoms with Crippen LogP contribution in [0.5, 0.6) is 0 Å². The van der Waals surface area contributed by atoms with Crippen molar-refractivity contribution in [3.8, 4) is 11.8 Å². The second kappa shape index (κ2) is 3.28. The standard InChI is InChI=1S/C10H17N/c1-9-6-4-5-7-10(2,8-9)11-3/h9,11H,4,6,8H2,1-3H3. The van der Waals surface area contributed by atoms with Crippen LogP contribution in [0.25, 0.3) is 0 Å². The van der Waals surface area contributed by atoms with Crippen LogP contribution in [0.4, 0.5) is 0 Å². The largest absolute Gasteiger partial charge is 0.304 e. The van der Waals surface area contributed by atoms with Crippen LogP contribution in [0.15, 0.2) is 0 Å². The highest BCUT2D eigenvalue weighted by Crippen LogP contribution is 2.21. The van der Waals surface area contributed by atoms with Crippen molar-refractivity contribution in [2.45, 2.75) is 38.6 Å². The summed E-state index contributed by atoms with van der Waals surface area (Å²) in [5.41, 5.74) is 0.0654. The lowest BCUT2D eigenvalue weighted by Crippen LogP contribution is -2.39. The molecule has 1 nitrogen and oxygen atoms in total. The maximum Gasteiger partial charge on any atom is 0.0772 e. The lowest BCUT2D eigenvalue weighted by Gasteiger charge is -2.24. The summed E-state index contributed by atoms with van der Waals surface area (Å²) in [6.07, 6.45) is 3.50. The Kier molecular flexibility index (Phi) is 2.57. The molecule has 0 aliphatic heterocycles. The maximum absolute atomic E-state index is 3.28. The highest BCUT2D eigenvalue weighted by Gasteiger charge is 2.23. The third kappa shape index (κ3) is 2.24. The SMILES string of the molecule is CNC1(C)C#CCCC(C)C1. The van der Waals surface area contributed by atoms with Gasteiger partial charge in [-0.1, -0.05) is 12.8 Å². The van der Waals surface area contributed by atoms with Gasteiger partial charge in [0.1, 0.15) is 0 Å². The van der Waals surface area contributed by atoms with Gasteiger partial charge < -0.3 is 5.32 Å². The predicted molar refractivity (Wildman–Crippen MR) is 48.3 cm³/mol. The minimum atomic E-state index is 0.0654. The summed E-state index contributed by atoms with van der Waals surface area (Å²) in [6, 6.07) is 0. The van der Waals surface area contributed by atoms with Crippen LogP contribution in [0.1, 0.15) is 33.1 Å². The molecule has 0 bridgehead atoms. The summed E-state index contributed by atoms with van der Waals surface area (Å²) in [5, 5.41) is 3.28. The van der Waals surface area contributed by atoms with Crippen molar-refractivity contribution < 1.29 is 0 Å². The molecule has 0 aromatic heterocycles. The lowest BCUT2D eigenvalue weighted by atomic mass is 9.90. The quantitative estimate of drug-likeness (QED) is 0.563. The zero-order valence-electron chi connectivity index (χ0n) is 7.70. The average molecular weight is 151 g/mol. The fraction of sp³-hybridized carbons (Fsp3) is 0.800. The van der Waals surface area contributed by atoms with Crippen molar-refractivity contribution >= 4 is 0 Å². The van der Waals surface area contributed by atoms with E-state index in [-0.39, 0.29) is 5.54 Å². The van der Waals surface area contributed by atoms with Gasteiger partial charge in [-0.15, -0.1) is 5.92 Å². The molecule has 11 heavy (non-hydrogen) atoms. The number of nitrogens with one attached hydrogen (secondary N) is 1. The number of hydrogen-bond acceptors (Lipinski definition) is 1. The molecule has 0 heterocycles. The van der Waals surface area contributed by atoms with E-state index in [0.717, 1.165) is 12.3 Å². The number of hydrogen-bond donors (Lipinski definition) is 1. The van der Waals surface area contributed by atoms with Crippen molar-refractivity contribution in [1.82, 2.24) is 5.32 Å². The van der Waals surface area contributed by atoms with Crippen LogP contribution >= 0.6 is 0 Å². The molecule has 2 atom stereocenters. The molecule has 1 heteroatoms. The van der Waals surface area contributed by atoms with E-state index in [1.54, 1.807) is 0 Å². The molecule has 1 rings (SSSR count). The summed E-state index contributed by atoms with van der Waals surface area (Å²) in [4.78, 5) is 0. The minimum absolute atomic E-state index is 0.0654. The molecule has 0 radical (unpaired) electrons. The molecule has 0 saturated carbocycles. The molecular formula is C10H17N. The predicted octanol–water partition coefficient (Wildman–Crippen LogP) is 1.79. The summed E-state index contributed by atoms with van der Waals surface area (Å²) in [6.45, 7) is 4.48. The maximum atomic E-state index is 3.28. The van der Waals surface area contributed by atoms with Gasteiger partial charge in [-0.25, -0.2) is 0 Å². The molecule has 0 spiro atoms. The second-order valence-corrected chi connectivity index (χ2v) is 3.73. The van der Waals surface area contributed by atoms with E-state index >= 15 is 0 Å². The molecule has 62 valence electrons. The first-order chi connectivity index (χ1) is 5.16. The Balaban J connectivity index is 2.67. The fourth-order valence-electron chi connectivity index (χ4n) is 1.59. The van der Waals surface area contributed by atoms with Gasteiger partial charge in [-0.3, -0.25) is 0 Å². The van der Waals surface area contributed by atoms with Crippen molar-refractivity contribution in [3.63, 3.8) is 0 Å². The first-order valence-corrected chi connectivity index (χ1v) is 4.35. The van der Waals surface area contributed by atoms with Crippen molar-refractivity contribution in [1.29, 1.82) is 0 Å². The first kappa shape index (κ1) is 8.62. The van der Waals surface area contributed by atoms with Gasteiger partial charge in [-0.2, -0.15) is 0 Å². The van der Waals surface area contributed by atoms with E-state index in [1.165, 1.54) is 12.8 Å². The highest BCUT2D eigenvalue weighted by atomic mass is 14.9. The molecule has 1 N–H and O–H groups in total. The lowest BCUT2D eigenvalue weighted by molar-refractivity contribution is 0.370. The van der Waals surface area contributed by atoms with Gasteiger partial charge in [0, 0.05) is 6.42 Å². The van der Waals surface area contributed by atoms with Gasteiger partial charge in [-0.05, 0) is 32.7 Å². The van der Waals surface area contributed by atoms with Gasteiger partial charge in [0.15, 0.2) is 0 Å². The molecule has 2 unspecified atom stereocenters. The fourth-order valence-corrected chi connectivity index (χ4v) is 1.59. The smallest absolute Gasteiger partial charge is 0.0772 e. The Morgan fingerprint density at radius 1 is 1.55 bits per heavy atom. The van der Waals surface area contributed by atoms with E-state index < -0.39 is 0 Å². The molecule has 0 aromatic carbocycles. The molecule has 1 aliphatic carbocycles. The van der Waals surface area contributed by atoms with Crippen molar-refractivity contribution in [3.05, 3.63) is 0 Å². The zero-order valence-corrected chi connectivity index (χ0v) is 7.70. The molecule has 0 amide bonds. The summed E-state index contributed by atoms with van der Waals surface area (Å²) in [5.74, 6) is 7.27. The van der Waals surface area contributed by atoms with Crippen LogP contribution in [-0.2, 0) is 0 Å². The van der Waals surface area contributed by atoms with Crippen LogP contribution in [-0.4, -0.2) is 12.6 Å². The van der Waals surface area contributed by atoms with Gasteiger partial charge in [0.2, 0.25) is 0 Å². The van der Waals surface area contributed by atoms with E-state index in [9.17, 15) is 0 Å². The van der Waals surface area contributed by atoms with Crippen molar-refractivity contribution in [2.24, 2.45) is 5.92 Å². The Morgan fingerprint density at radius 2 is 2.27 bits per heavy atom. The average Bonchev–Trinajstić information content (AvgIpc) is 2.13. The normalized spacial score (nSPS) is 37.2. The monoisotopic (exact) mass is 151 g/mol. The first-order valence-electron chi connectivity index (χ1n) is 4.35. The Morgan fingerprint density at radius 3 is 2.91 bits per heavy atom. The molecule has 0 aromatic rings. The third-order valence-electron chi connectivity index (χ3n) is 2.43. The topological polar surface area (TPSA) is 12.0 Å². The Bertz CT molecular complexity index is 187. The molecule has 1 aliphatic rings. The van der Waals surface area contributed by atoms with E-state index in [1.807, 2.05) is 7.05 Å². The van der Waals surface area contributed by atoms with E-state index in [0.29, 0.717) is 0 Å². The third-order valence-corrected chi connectivity index (χ3v) is 2.43. The second-order valence-electron chi connectivity index (χ2n) is 3.73. The van der Waals surface area contributed by atoms with E-state index in [4.69, 9.17) is 0 Å². The molecule has 0 saturated heterocycles. The molecular weight excluding hydrogens is 134 g/mol. The van der Waals surface area contributed by atoms with Gasteiger partial charge in [0.25, 0.3) is 0 Å². The summed E-state index contributed by atoms with van der Waals surface area (Å²) >= 11 is 0. The van der Waals surface area contributed by atoms with Crippen LogP contribution < -0.4 is 5.32 Å². The highest BCUT2D eigenvalue weighted by molar-refractivity contribution is 5.17. The van der Waals surface area contributed by atoms with Crippen LogP contribution in [0.2, 0.25) is 0 Å². The zero-order chi connectivity index (χ0) is 8.32. The van der Waals surface area contributed by atoms with Gasteiger partial charge in [0.05, 0.1) is 5.54 Å². The summed E-state index contributed by atoms with van der Waals surface area (Å²) < 4.78 is 0. The van der Waals surface area contributed by atoms with Crippen molar-refractivity contribution in [2.75, 3.05) is 7.05 Å². The van der Waals surface area contributed by atoms with Gasteiger partial charge >= 0.3 is 0 Å². The molecule has 0 fully saturated rings. The minimum Gasteiger partial charge on any atom is -0.304 e. The van der Waals surface area contributed by atoms with Crippen LogP contribution in [0, 0.1) is 17.8 Å².